The summed E-state index contributed by atoms with van der Waals surface area (Å²) in [6.45, 7) is 0.415. The van der Waals surface area contributed by atoms with Crippen LogP contribution in [0.1, 0.15) is 22.6 Å². The number of nitrogens with one attached hydrogen (secondary N) is 2. The van der Waals surface area contributed by atoms with Gasteiger partial charge in [-0.2, -0.15) is 5.26 Å². The molecule has 3 aromatic carbocycles. The zero-order valence-electron chi connectivity index (χ0n) is 18.2. The number of hydrogen-bond donors (Lipinski definition) is 2. The lowest BCUT2D eigenvalue weighted by Gasteiger charge is -2.22. The average Bonchev–Trinajstić information content (AvgIpc) is 3.27. The maximum atomic E-state index is 11.1. The number of non-ortho nitro benzene ring substituents is 1. The number of H-pyrrole nitrogens is 1. The van der Waals surface area contributed by atoms with E-state index in [-0.39, 0.29) is 17.2 Å². The van der Waals surface area contributed by atoms with Crippen LogP contribution >= 0.6 is 0 Å². The van der Waals surface area contributed by atoms with Gasteiger partial charge in [0.1, 0.15) is 6.07 Å². The molecule has 0 aliphatic rings. The highest BCUT2D eigenvalue weighted by molar-refractivity contribution is 5.84. The summed E-state index contributed by atoms with van der Waals surface area (Å²) in [6.07, 6.45) is 1.97. The van der Waals surface area contributed by atoms with E-state index in [1.54, 1.807) is 20.3 Å². The summed E-state index contributed by atoms with van der Waals surface area (Å²) in [5, 5.41) is 25.0. The number of aromatic nitrogens is 1. The van der Waals surface area contributed by atoms with Crippen LogP contribution in [0.4, 0.5) is 11.4 Å². The number of nitro benzene ring substituents is 1. The highest BCUT2D eigenvalue weighted by atomic mass is 16.6. The van der Waals surface area contributed by atoms with E-state index in [0.29, 0.717) is 23.7 Å². The molecule has 1 heterocycles. The van der Waals surface area contributed by atoms with Crippen molar-refractivity contribution in [1.82, 2.24) is 4.98 Å². The number of rotatable bonds is 8. The molecule has 0 fully saturated rings. The molecule has 0 aliphatic carbocycles. The molecular formula is C25H22N4O4. The summed E-state index contributed by atoms with van der Waals surface area (Å²) < 4.78 is 11.2. The predicted octanol–water partition coefficient (Wildman–Crippen LogP) is 5.21. The quantitative estimate of drug-likeness (QED) is 0.286. The lowest BCUT2D eigenvalue weighted by atomic mass is 9.89. The molecular weight excluding hydrogens is 420 g/mol. The second kappa shape index (κ2) is 9.32. The fourth-order valence-electron chi connectivity index (χ4n) is 4.06. The zero-order valence-corrected chi connectivity index (χ0v) is 18.2. The topological polar surface area (TPSA) is 113 Å². The average molecular weight is 442 g/mol. The minimum atomic E-state index is -0.513. The number of nitriles is 1. The van der Waals surface area contributed by atoms with Crippen LogP contribution in [-0.2, 0) is 0 Å². The number of nitro groups is 1. The number of methoxy groups -OCH3 is 2. The first kappa shape index (κ1) is 21.7. The molecule has 0 amide bonds. The van der Waals surface area contributed by atoms with Crippen LogP contribution in [0.3, 0.4) is 0 Å². The monoisotopic (exact) mass is 442 g/mol. The molecule has 0 spiro atoms. The number of para-hydroxylation sites is 2. The van der Waals surface area contributed by atoms with Gasteiger partial charge in [-0.25, -0.2) is 0 Å². The third-order valence-corrected chi connectivity index (χ3v) is 5.64. The number of hydrogen-bond acceptors (Lipinski definition) is 6. The van der Waals surface area contributed by atoms with Crippen molar-refractivity contribution in [1.29, 1.82) is 5.26 Å². The van der Waals surface area contributed by atoms with E-state index >= 15 is 0 Å². The zero-order chi connectivity index (χ0) is 23.4. The van der Waals surface area contributed by atoms with Gasteiger partial charge in [-0.1, -0.05) is 30.3 Å². The lowest BCUT2D eigenvalue weighted by molar-refractivity contribution is -0.384. The largest absolute Gasteiger partial charge is 0.493 e. The van der Waals surface area contributed by atoms with Crippen LogP contribution < -0.4 is 14.8 Å². The number of fused-ring (bicyclic) bond motifs is 1. The Labute approximate surface area is 190 Å². The molecule has 8 nitrogen and oxygen atoms in total. The summed E-state index contributed by atoms with van der Waals surface area (Å²) in [5.74, 6) is 1.07. The van der Waals surface area contributed by atoms with Crippen molar-refractivity contribution in [3.05, 3.63) is 93.7 Å². The first-order valence-electron chi connectivity index (χ1n) is 10.3. The molecule has 0 unspecified atom stereocenters. The minimum Gasteiger partial charge on any atom is -0.493 e. The second-order valence-electron chi connectivity index (χ2n) is 7.40. The Balaban J connectivity index is 1.79. The van der Waals surface area contributed by atoms with Crippen molar-refractivity contribution >= 4 is 22.3 Å². The molecule has 1 atom stereocenters. The first-order valence-corrected chi connectivity index (χ1v) is 10.3. The SMILES string of the molecule is COc1cccc([C@H](CNc2ccc([N+](=O)[O-])cc2C#N)c2c[nH]c3ccccc23)c1OC. The number of anilines is 1. The Hall–Kier alpha value is -4.51. The van der Waals surface area contributed by atoms with Crippen molar-refractivity contribution in [2.24, 2.45) is 0 Å². The molecule has 0 saturated heterocycles. The van der Waals surface area contributed by atoms with Gasteiger partial charge in [-0.15, -0.1) is 0 Å². The summed E-state index contributed by atoms with van der Waals surface area (Å²) in [6, 6.07) is 20.0. The molecule has 4 rings (SSSR count). The lowest BCUT2D eigenvalue weighted by Crippen LogP contribution is -2.16. The van der Waals surface area contributed by atoms with Crippen molar-refractivity contribution in [3.8, 4) is 17.6 Å². The van der Waals surface area contributed by atoms with Crippen LogP contribution in [0.25, 0.3) is 10.9 Å². The number of aromatic amines is 1. The molecule has 166 valence electrons. The highest BCUT2D eigenvalue weighted by Crippen LogP contribution is 2.40. The van der Waals surface area contributed by atoms with Crippen LogP contribution in [0.5, 0.6) is 11.5 Å². The van der Waals surface area contributed by atoms with E-state index in [4.69, 9.17) is 9.47 Å². The molecule has 1 aromatic heterocycles. The van der Waals surface area contributed by atoms with E-state index in [0.717, 1.165) is 22.0 Å². The Morgan fingerprint density at radius 3 is 2.64 bits per heavy atom. The van der Waals surface area contributed by atoms with Gasteiger partial charge in [-0.05, 0) is 23.8 Å². The predicted molar refractivity (Wildman–Crippen MR) is 126 cm³/mol. The summed E-state index contributed by atoms with van der Waals surface area (Å²) in [4.78, 5) is 13.9. The molecule has 0 radical (unpaired) electrons. The summed E-state index contributed by atoms with van der Waals surface area (Å²) in [7, 11) is 3.20. The molecule has 0 bridgehead atoms. The molecule has 4 aromatic rings. The van der Waals surface area contributed by atoms with Gasteiger partial charge in [0.05, 0.1) is 30.4 Å². The van der Waals surface area contributed by atoms with Crippen molar-refractivity contribution < 1.29 is 14.4 Å². The van der Waals surface area contributed by atoms with E-state index in [2.05, 4.69) is 10.3 Å². The van der Waals surface area contributed by atoms with Crippen LogP contribution in [-0.4, -0.2) is 30.7 Å². The molecule has 33 heavy (non-hydrogen) atoms. The fraction of sp³-hybridized carbons (Fsp3) is 0.160. The fourth-order valence-corrected chi connectivity index (χ4v) is 4.06. The van der Waals surface area contributed by atoms with Gasteiger partial charge in [0.2, 0.25) is 0 Å². The van der Waals surface area contributed by atoms with Gasteiger partial charge in [0.25, 0.3) is 5.69 Å². The Bertz CT molecular complexity index is 1360. The second-order valence-corrected chi connectivity index (χ2v) is 7.40. The van der Waals surface area contributed by atoms with Gasteiger partial charge >= 0.3 is 0 Å². The third kappa shape index (κ3) is 4.16. The Morgan fingerprint density at radius 2 is 1.91 bits per heavy atom. The molecule has 2 N–H and O–H groups in total. The van der Waals surface area contributed by atoms with Crippen molar-refractivity contribution in [3.63, 3.8) is 0 Å². The van der Waals surface area contributed by atoms with Crippen molar-refractivity contribution in [2.45, 2.75) is 5.92 Å². The summed E-state index contributed by atoms with van der Waals surface area (Å²) >= 11 is 0. The number of nitrogens with zero attached hydrogens (tertiary/aromatic N) is 2. The van der Waals surface area contributed by atoms with E-state index in [1.807, 2.05) is 54.7 Å². The Morgan fingerprint density at radius 1 is 1.09 bits per heavy atom. The maximum Gasteiger partial charge on any atom is 0.270 e. The van der Waals surface area contributed by atoms with Crippen LogP contribution in [0.15, 0.2) is 66.9 Å². The molecule has 0 aliphatic heterocycles. The first-order chi connectivity index (χ1) is 16.1. The van der Waals surface area contributed by atoms with Gasteiger partial charge in [0.15, 0.2) is 11.5 Å². The standard InChI is InChI=1S/C25H22N4O4/c1-32-24-9-5-7-19(25(24)33-2)21(20-14-28-23-8-4-3-6-18(20)23)15-27-22-11-10-17(29(30)31)12-16(22)13-26/h3-12,14,21,27-28H,15H2,1-2H3/t21-/m0/s1. The third-order valence-electron chi connectivity index (χ3n) is 5.64. The molecule has 0 saturated carbocycles. The van der Waals surface area contributed by atoms with Crippen molar-refractivity contribution in [2.75, 3.05) is 26.1 Å². The molecule has 8 heteroatoms. The minimum absolute atomic E-state index is 0.125. The highest BCUT2D eigenvalue weighted by Gasteiger charge is 2.24. The normalized spacial score (nSPS) is 11.5. The van der Waals surface area contributed by atoms with Gasteiger partial charge < -0.3 is 19.8 Å². The van der Waals surface area contributed by atoms with Crippen LogP contribution in [0.2, 0.25) is 0 Å². The maximum absolute atomic E-state index is 11.1. The smallest absolute Gasteiger partial charge is 0.270 e. The Kier molecular flexibility index (Phi) is 6.13. The summed E-state index contributed by atoms with van der Waals surface area (Å²) in [5.41, 5.74) is 3.57. The number of ether oxygens (including phenoxy) is 2. The van der Waals surface area contributed by atoms with Gasteiger partial charge in [0, 0.05) is 47.3 Å². The van der Waals surface area contributed by atoms with E-state index < -0.39 is 4.92 Å². The number of benzene rings is 3. The van der Waals surface area contributed by atoms with Gasteiger partial charge in [-0.3, -0.25) is 10.1 Å². The van der Waals surface area contributed by atoms with E-state index in [1.165, 1.54) is 12.1 Å². The van der Waals surface area contributed by atoms with Crippen LogP contribution in [0, 0.1) is 21.4 Å². The van der Waals surface area contributed by atoms with E-state index in [9.17, 15) is 15.4 Å².